The van der Waals surface area contributed by atoms with Crippen LogP contribution in [0.4, 0.5) is 0 Å². The van der Waals surface area contributed by atoms with E-state index < -0.39 is 31.4 Å². The summed E-state index contributed by atoms with van der Waals surface area (Å²) < 4.78 is 5.00. The van der Waals surface area contributed by atoms with Gasteiger partial charge in [0.1, 0.15) is 6.10 Å². The minimum absolute atomic E-state index is 0.199. The zero-order chi connectivity index (χ0) is 13.3. The lowest BCUT2D eigenvalue weighted by Crippen LogP contribution is -2.38. The Kier molecular flexibility index (Phi) is 9.03. The molecule has 3 atom stereocenters. The lowest BCUT2D eigenvalue weighted by Gasteiger charge is -2.22. The van der Waals surface area contributed by atoms with Gasteiger partial charge in [0.15, 0.2) is 6.10 Å². The van der Waals surface area contributed by atoms with E-state index in [0.29, 0.717) is 6.42 Å². The maximum Gasteiger partial charge on any atom is 0.309 e. The molecule has 0 aromatic rings. The number of esters is 1. The van der Waals surface area contributed by atoms with Crippen LogP contribution < -0.4 is 0 Å². The highest BCUT2D eigenvalue weighted by molar-refractivity contribution is 5.72. The van der Waals surface area contributed by atoms with Crippen LogP contribution in [0, 0.1) is 5.92 Å². The van der Waals surface area contributed by atoms with Crippen LogP contribution in [0.25, 0.3) is 0 Å². The molecule has 0 aromatic carbocycles. The van der Waals surface area contributed by atoms with E-state index in [0.717, 1.165) is 19.3 Å². The summed E-state index contributed by atoms with van der Waals surface area (Å²) >= 11 is 0. The van der Waals surface area contributed by atoms with Crippen LogP contribution in [-0.2, 0) is 9.53 Å². The average Bonchev–Trinajstić information content (AvgIpc) is 2.35. The summed E-state index contributed by atoms with van der Waals surface area (Å²) in [5.74, 6) is -0.609. The van der Waals surface area contributed by atoms with E-state index in [1.165, 1.54) is 0 Å². The second-order valence-electron chi connectivity index (χ2n) is 4.16. The molecule has 0 saturated heterocycles. The molecule has 0 spiro atoms. The van der Waals surface area contributed by atoms with Gasteiger partial charge >= 0.3 is 5.97 Å². The third-order valence-corrected chi connectivity index (χ3v) is 2.80. The molecule has 0 aliphatic heterocycles. The smallest absolute Gasteiger partial charge is 0.309 e. The van der Waals surface area contributed by atoms with E-state index in [1.807, 2.05) is 13.8 Å². The molecule has 17 heavy (non-hydrogen) atoms. The zero-order valence-corrected chi connectivity index (χ0v) is 10.6. The maximum atomic E-state index is 11.7. The summed E-state index contributed by atoms with van der Waals surface area (Å²) in [7, 11) is 0. The van der Waals surface area contributed by atoms with Crippen LogP contribution in [0.1, 0.15) is 39.5 Å². The Balaban J connectivity index is 4.26. The van der Waals surface area contributed by atoms with Gasteiger partial charge in [-0.1, -0.05) is 26.7 Å². The van der Waals surface area contributed by atoms with Crippen molar-refractivity contribution in [1.82, 2.24) is 0 Å². The Morgan fingerprint density at radius 1 is 1.24 bits per heavy atom. The standard InChI is InChI=1S/C12H24O5/c1-3-5-6-9(4-2)12(16)17-11(8-14)10(15)7-13/h9-11,13-15H,3-8H2,1-2H3/t9?,10-,11+/m1/s1. The van der Waals surface area contributed by atoms with Crippen LogP contribution in [0.2, 0.25) is 0 Å². The molecular formula is C12H24O5. The molecule has 5 heteroatoms. The number of unbranched alkanes of at least 4 members (excludes halogenated alkanes) is 1. The fraction of sp³-hybridized carbons (Fsp3) is 0.917. The summed E-state index contributed by atoms with van der Waals surface area (Å²) in [5, 5.41) is 27.0. The van der Waals surface area contributed by atoms with Crippen molar-refractivity contribution < 1.29 is 24.9 Å². The van der Waals surface area contributed by atoms with Crippen molar-refractivity contribution in [3.05, 3.63) is 0 Å². The van der Waals surface area contributed by atoms with Crippen molar-refractivity contribution in [2.24, 2.45) is 5.92 Å². The van der Waals surface area contributed by atoms with Crippen molar-refractivity contribution in [2.75, 3.05) is 13.2 Å². The number of hydrogen-bond donors (Lipinski definition) is 3. The Bertz CT molecular complexity index is 207. The van der Waals surface area contributed by atoms with Crippen molar-refractivity contribution in [3.63, 3.8) is 0 Å². The normalized spacial score (nSPS) is 16.3. The fourth-order valence-electron chi connectivity index (χ4n) is 1.54. The van der Waals surface area contributed by atoms with Gasteiger partial charge in [-0.2, -0.15) is 0 Å². The first kappa shape index (κ1) is 16.4. The van der Waals surface area contributed by atoms with Crippen LogP contribution >= 0.6 is 0 Å². The molecule has 0 aromatic heterocycles. The Labute approximate surface area is 102 Å². The summed E-state index contributed by atoms with van der Waals surface area (Å²) in [6, 6.07) is 0. The highest BCUT2D eigenvalue weighted by Gasteiger charge is 2.25. The van der Waals surface area contributed by atoms with Gasteiger partial charge in [-0.15, -0.1) is 0 Å². The van der Waals surface area contributed by atoms with Gasteiger partial charge in [0.05, 0.1) is 19.1 Å². The van der Waals surface area contributed by atoms with Crippen LogP contribution in [0.3, 0.4) is 0 Å². The molecule has 0 aliphatic rings. The number of ether oxygens (including phenoxy) is 1. The molecule has 5 nitrogen and oxygen atoms in total. The number of aliphatic hydroxyl groups is 3. The SMILES string of the molecule is CCCCC(CC)C(=O)O[C@@H](CO)[C@H](O)CO. The molecule has 0 radical (unpaired) electrons. The first-order chi connectivity index (χ1) is 8.10. The second-order valence-corrected chi connectivity index (χ2v) is 4.16. The first-order valence-corrected chi connectivity index (χ1v) is 6.20. The van der Waals surface area contributed by atoms with Gasteiger partial charge in [0.2, 0.25) is 0 Å². The Morgan fingerprint density at radius 3 is 2.29 bits per heavy atom. The topological polar surface area (TPSA) is 87.0 Å². The molecule has 0 rings (SSSR count). The van der Waals surface area contributed by atoms with Crippen molar-refractivity contribution >= 4 is 5.97 Å². The Morgan fingerprint density at radius 2 is 1.88 bits per heavy atom. The number of carbonyl (C=O) groups is 1. The summed E-state index contributed by atoms with van der Waals surface area (Å²) in [6.07, 6.45) is 1.11. The zero-order valence-electron chi connectivity index (χ0n) is 10.6. The molecule has 3 N–H and O–H groups in total. The molecule has 0 fully saturated rings. The van der Waals surface area contributed by atoms with E-state index in [4.69, 9.17) is 14.9 Å². The van der Waals surface area contributed by atoms with E-state index >= 15 is 0 Å². The third kappa shape index (κ3) is 6.00. The average molecular weight is 248 g/mol. The van der Waals surface area contributed by atoms with Crippen LogP contribution in [-0.4, -0.2) is 46.7 Å². The highest BCUT2D eigenvalue weighted by atomic mass is 16.6. The molecule has 0 heterocycles. The maximum absolute atomic E-state index is 11.7. The number of aliphatic hydroxyl groups excluding tert-OH is 3. The van der Waals surface area contributed by atoms with Crippen LogP contribution in [0.15, 0.2) is 0 Å². The van der Waals surface area contributed by atoms with E-state index in [9.17, 15) is 9.90 Å². The predicted molar refractivity (Wildman–Crippen MR) is 63.4 cm³/mol. The lowest BCUT2D eigenvalue weighted by molar-refractivity contribution is -0.165. The quantitative estimate of drug-likeness (QED) is 0.516. The molecule has 102 valence electrons. The fourth-order valence-corrected chi connectivity index (χ4v) is 1.54. The monoisotopic (exact) mass is 248 g/mol. The molecule has 0 amide bonds. The van der Waals surface area contributed by atoms with Crippen molar-refractivity contribution in [1.29, 1.82) is 0 Å². The van der Waals surface area contributed by atoms with Gasteiger partial charge in [-0.3, -0.25) is 4.79 Å². The first-order valence-electron chi connectivity index (χ1n) is 6.20. The molecular weight excluding hydrogens is 224 g/mol. The summed E-state index contributed by atoms with van der Waals surface area (Å²) in [5.41, 5.74) is 0. The molecule has 1 unspecified atom stereocenters. The third-order valence-electron chi connectivity index (χ3n) is 2.80. The van der Waals surface area contributed by atoms with Gasteiger partial charge in [0.25, 0.3) is 0 Å². The summed E-state index contributed by atoms with van der Waals surface area (Å²) in [6.45, 7) is 2.92. The summed E-state index contributed by atoms with van der Waals surface area (Å²) in [4.78, 5) is 11.7. The molecule has 0 bridgehead atoms. The molecule has 0 aliphatic carbocycles. The number of hydrogen-bond acceptors (Lipinski definition) is 5. The number of carbonyl (C=O) groups excluding carboxylic acids is 1. The van der Waals surface area contributed by atoms with Crippen LogP contribution in [0.5, 0.6) is 0 Å². The highest BCUT2D eigenvalue weighted by Crippen LogP contribution is 2.16. The lowest BCUT2D eigenvalue weighted by atomic mass is 9.99. The minimum Gasteiger partial charge on any atom is -0.457 e. The van der Waals surface area contributed by atoms with Gasteiger partial charge in [-0.25, -0.2) is 0 Å². The van der Waals surface area contributed by atoms with Gasteiger partial charge in [0, 0.05) is 0 Å². The number of rotatable bonds is 9. The Hall–Kier alpha value is -0.650. The van der Waals surface area contributed by atoms with Gasteiger partial charge < -0.3 is 20.1 Å². The second kappa shape index (κ2) is 9.39. The van der Waals surface area contributed by atoms with E-state index in [-0.39, 0.29) is 5.92 Å². The molecule has 0 saturated carbocycles. The van der Waals surface area contributed by atoms with E-state index in [1.54, 1.807) is 0 Å². The van der Waals surface area contributed by atoms with Crippen molar-refractivity contribution in [3.8, 4) is 0 Å². The predicted octanol–water partition coefficient (Wildman–Crippen LogP) is 0.460. The minimum atomic E-state index is -1.23. The van der Waals surface area contributed by atoms with Crippen molar-refractivity contribution in [2.45, 2.75) is 51.7 Å². The van der Waals surface area contributed by atoms with E-state index in [2.05, 4.69) is 0 Å². The van der Waals surface area contributed by atoms with Gasteiger partial charge in [-0.05, 0) is 12.8 Å². The largest absolute Gasteiger partial charge is 0.457 e.